The van der Waals surface area contributed by atoms with Crippen molar-refractivity contribution >= 4 is 0 Å². The maximum atomic E-state index is 12.5. The molecule has 0 radical (unpaired) electrons. The smallest absolute Gasteiger partial charge is 0.174 e. The molecule has 1 aromatic rings. The van der Waals surface area contributed by atoms with Crippen LogP contribution in [0.2, 0.25) is 0 Å². The minimum Gasteiger partial charge on any atom is -0.294 e. The van der Waals surface area contributed by atoms with E-state index in [9.17, 15) is 8.92 Å². The highest BCUT2D eigenvalue weighted by Gasteiger charge is 1.98. The van der Waals surface area contributed by atoms with Crippen LogP contribution in [-0.2, 0) is 0 Å². The Kier molecular flexibility index (Phi) is 1.85. The van der Waals surface area contributed by atoms with Crippen molar-refractivity contribution < 1.29 is 13.9 Å². The van der Waals surface area contributed by atoms with Crippen LogP contribution in [0.3, 0.4) is 0 Å². The van der Waals surface area contributed by atoms with Crippen LogP contribution in [0.15, 0.2) is 18.2 Å². The molecule has 0 bridgehead atoms. The second-order valence-corrected chi connectivity index (χ2v) is 1.99. The van der Waals surface area contributed by atoms with Crippen molar-refractivity contribution in [2.45, 2.75) is 6.92 Å². The van der Waals surface area contributed by atoms with E-state index < -0.39 is 5.82 Å². The summed E-state index contributed by atoms with van der Waals surface area (Å²) in [5, 5.41) is 0. The summed E-state index contributed by atoms with van der Waals surface area (Å²) in [7, 11) is 0. The molecule has 0 aliphatic carbocycles. The number of aryl methyl sites for hydroxylation is 1. The van der Waals surface area contributed by atoms with Gasteiger partial charge in [0.25, 0.3) is 0 Å². The molecule has 1 rings (SSSR count). The Labute approximate surface area is 57.1 Å². The molecule has 0 N–H and O–H groups in total. The quantitative estimate of drug-likeness (QED) is 0.588. The van der Waals surface area contributed by atoms with E-state index in [0.717, 1.165) is 6.07 Å². The minimum absolute atomic E-state index is 0.108. The van der Waals surface area contributed by atoms with Gasteiger partial charge in [-0.1, -0.05) is 6.07 Å². The molecule has 0 aliphatic rings. The van der Waals surface area contributed by atoms with Gasteiger partial charge in [-0.2, -0.15) is 0 Å². The Morgan fingerprint density at radius 3 is 2.60 bits per heavy atom. The summed E-state index contributed by atoms with van der Waals surface area (Å²) < 4.78 is 23.9. The number of hydrogen-bond acceptors (Lipinski definition) is 1. The lowest BCUT2D eigenvalue weighted by Crippen LogP contribution is -1.82. The lowest BCUT2D eigenvalue weighted by molar-refractivity contribution is -0.00656. The van der Waals surface area contributed by atoms with Crippen LogP contribution in [0.4, 0.5) is 8.92 Å². The second kappa shape index (κ2) is 2.64. The predicted molar refractivity (Wildman–Crippen MR) is 32.9 cm³/mol. The van der Waals surface area contributed by atoms with Gasteiger partial charge in [-0.15, -0.1) is 0 Å². The average Bonchev–Trinajstić information content (AvgIpc) is 1.95. The van der Waals surface area contributed by atoms with Crippen molar-refractivity contribution in [3.05, 3.63) is 29.6 Å². The summed E-state index contributed by atoms with van der Waals surface area (Å²) in [6.07, 6.45) is 0. The van der Waals surface area contributed by atoms with Gasteiger partial charge in [0.15, 0.2) is 5.75 Å². The Bertz CT molecular complexity index is 235. The van der Waals surface area contributed by atoms with E-state index in [4.69, 9.17) is 0 Å². The Morgan fingerprint density at radius 2 is 2.10 bits per heavy atom. The van der Waals surface area contributed by atoms with Crippen LogP contribution < -0.4 is 4.94 Å². The van der Waals surface area contributed by atoms with E-state index in [1.54, 1.807) is 6.92 Å². The van der Waals surface area contributed by atoms with Crippen molar-refractivity contribution in [2.75, 3.05) is 0 Å². The van der Waals surface area contributed by atoms with Crippen molar-refractivity contribution in [3.63, 3.8) is 0 Å². The van der Waals surface area contributed by atoms with Crippen LogP contribution in [0, 0.1) is 12.7 Å². The van der Waals surface area contributed by atoms with Gasteiger partial charge in [-0.25, -0.2) is 4.39 Å². The summed E-state index contributed by atoms with van der Waals surface area (Å²) in [6.45, 7) is 1.59. The van der Waals surface area contributed by atoms with Crippen molar-refractivity contribution in [1.82, 2.24) is 0 Å². The maximum absolute atomic E-state index is 12.5. The Hall–Kier alpha value is -1.12. The van der Waals surface area contributed by atoms with Crippen LogP contribution in [0.5, 0.6) is 5.75 Å². The van der Waals surface area contributed by atoms with E-state index >= 15 is 0 Å². The standard InChI is InChI=1S/C7H6F2O/c1-5-2-3-6(10-9)4-7(5)8/h2-4H,1H3. The third-order valence-corrected chi connectivity index (χ3v) is 1.23. The third kappa shape index (κ3) is 1.23. The fraction of sp³-hybridized carbons (Fsp3) is 0.143. The molecule has 3 heteroatoms. The van der Waals surface area contributed by atoms with Crippen LogP contribution in [0.25, 0.3) is 0 Å². The Balaban J connectivity index is 3.04. The molecule has 0 spiro atoms. The second-order valence-electron chi connectivity index (χ2n) is 1.99. The van der Waals surface area contributed by atoms with Crippen molar-refractivity contribution in [1.29, 1.82) is 0 Å². The minimum atomic E-state index is -0.463. The zero-order valence-corrected chi connectivity index (χ0v) is 5.40. The largest absolute Gasteiger partial charge is 0.294 e. The van der Waals surface area contributed by atoms with Crippen LogP contribution in [0.1, 0.15) is 5.56 Å². The molecule has 0 atom stereocenters. The zero-order chi connectivity index (χ0) is 7.56. The van der Waals surface area contributed by atoms with Crippen LogP contribution in [-0.4, -0.2) is 0 Å². The molecule has 0 heterocycles. The first-order chi connectivity index (χ1) is 4.74. The highest BCUT2D eigenvalue weighted by molar-refractivity contribution is 5.27. The van der Waals surface area contributed by atoms with Gasteiger partial charge >= 0.3 is 0 Å². The average molecular weight is 144 g/mol. The van der Waals surface area contributed by atoms with Gasteiger partial charge in [-0.05, 0) is 18.6 Å². The third-order valence-electron chi connectivity index (χ3n) is 1.23. The van der Waals surface area contributed by atoms with Crippen molar-refractivity contribution in [2.24, 2.45) is 0 Å². The molecule has 10 heavy (non-hydrogen) atoms. The molecule has 1 aromatic carbocycles. The highest BCUT2D eigenvalue weighted by Crippen LogP contribution is 2.15. The molecule has 0 saturated heterocycles. The molecule has 0 saturated carbocycles. The molecule has 0 aromatic heterocycles. The summed E-state index contributed by atoms with van der Waals surface area (Å²) in [5.74, 6) is -0.571. The summed E-state index contributed by atoms with van der Waals surface area (Å²) in [5.41, 5.74) is 0.473. The SMILES string of the molecule is Cc1ccc(OF)cc1F. The molecule has 1 nitrogen and oxygen atoms in total. The molecular weight excluding hydrogens is 138 g/mol. The van der Waals surface area contributed by atoms with Gasteiger partial charge in [0.1, 0.15) is 5.82 Å². The first-order valence-corrected chi connectivity index (χ1v) is 2.79. The van der Waals surface area contributed by atoms with Gasteiger partial charge < -0.3 is 0 Å². The fourth-order valence-corrected chi connectivity index (χ4v) is 0.622. The summed E-state index contributed by atoms with van der Waals surface area (Å²) in [4.78, 5) is 3.31. The predicted octanol–water partition coefficient (Wildman–Crippen LogP) is 2.40. The summed E-state index contributed by atoms with van der Waals surface area (Å²) >= 11 is 0. The normalized spacial score (nSPS) is 9.50. The van der Waals surface area contributed by atoms with E-state index in [-0.39, 0.29) is 5.75 Å². The number of halogens is 2. The van der Waals surface area contributed by atoms with E-state index in [1.807, 2.05) is 0 Å². The molecule has 54 valence electrons. The lowest BCUT2D eigenvalue weighted by Gasteiger charge is -1.95. The molecule has 0 amide bonds. The number of benzene rings is 1. The number of hydrogen-bond donors (Lipinski definition) is 0. The topological polar surface area (TPSA) is 9.23 Å². The first kappa shape index (κ1) is 6.99. The molecular formula is C7H6F2O. The van der Waals surface area contributed by atoms with E-state index in [0.29, 0.717) is 5.56 Å². The van der Waals surface area contributed by atoms with Gasteiger partial charge in [-0.3, -0.25) is 4.94 Å². The van der Waals surface area contributed by atoms with Gasteiger partial charge in [0, 0.05) is 10.6 Å². The molecule has 0 fully saturated rings. The van der Waals surface area contributed by atoms with Crippen LogP contribution >= 0.6 is 0 Å². The highest BCUT2D eigenvalue weighted by atomic mass is 19.3. The maximum Gasteiger partial charge on any atom is 0.174 e. The summed E-state index contributed by atoms with van der Waals surface area (Å²) in [6, 6.07) is 3.80. The van der Waals surface area contributed by atoms with Gasteiger partial charge in [0.05, 0.1) is 0 Å². The number of rotatable bonds is 1. The van der Waals surface area contributed by atoms with Crippen molar-refractivity contribution in [3.8, 4) is 5.75 Å². The van der Waals surface area contributed by atoms with E-state index in [2.05, 4.69) is 4.94 Å². The fourth-order valence-electron chi connectivity index (χ4n) is 0.622. The lowest BCUT2D eigenvalue weighted by atomic mass is 10.2. The van der Waals surface area contributed by atoms with Gasteiger partial charge in [0.2, 0.25) is 0 Å². The zero-order valence-electron chi connectivity index (χ0n) is 5.40. The Morgan fingerprint density at radius 1 is 1.40 bits per heavy atom. The monoisotopic (exact) mass is 144 g/mol. The first-order valence-electron chi connectivity index (χ1n) is 2.79. The molecule has 0 aliphatic heterocycles. The van der Waals surface area contributed by atoms with E-state index in [1.165, 1.54) is 12.1 Å². The molecule has 0 unspecified atom stereocenters.